The summed E-state index contributed by atoms with van der Waals surface area (Å²) in [4.78, 5) is 26.2. The van der Waals surface area contributed by atoms with Crippen molar-refractivity contribution >= 4 is 34.6 Å². The predicted molar refractivity (Wildman–Crippen MR) is 132 cm³/mol. The van der Waals surface area contributed by atoms with Gasteiger partial charge in [-0.1, -0.05) is 0 Å². The Kier molecular flexibility index (Phi) is 6.05. The summed E-state index contributed by atoms with van der Waals surface area (Å²) in [5.41, 5.74) is 1.10. The van der Waals surface area contributed by atoms with Crippen LogP contribution in [0.3, 0.4) is 0 Å². The van der Waals surface area contributed by atoms with E-state index in [1.807, 2.05) is 4.90 Å². The Bertz CT molecular complexity index is 924. The molecule has 1 aromatic carbocycles. The maximum Gasteiger partial charge on any atom is 0.293 e. The summed E-state index contributed by atoms with van der Waals surface area (Å²) in [5, 5.41) is 18.2. The Balaban J connectivity index is 1.24. The number of amides is 1. The molecule has 5 fully saturated rings. The van der Waals surface area contributed by atoms with Crippen molar-refractivity contribution < 1.29 is 9.72 Å². The minimum Gasteiger partial charge on any atom is -0.366 e. The van der Waals surface area contributed by atoms with Gasteiger partial charge in [-0.05, 0) is 112 Å². The number of hydrogen-bond acceptors (Lipinski definition) is 5. The summed E-state index contributed by atoms with van der Waals surface area (Å²) in [5.74, 6) is 2.14. The molecule has 1 aromatic rings. The molecule has 1 heterocycles. The van der Waals surface area contributed by atoms with Gasteiger partial charge in [0.15, 0.2) is 5.11 Å². The Morgan fingerprint density at radius 1 is 1.12 bits per heavy atom. The van der Waals surface area contributed by atoms with Crippen molar-refractivity contribution in [3.05, 3.63) is 33.9 Å². The molecule has 7 nitrogen and oxygen atoms in total. The van der Waals surface area contributed by atoms with E-state index in [0.717, 1.165) is 50.1 Å². The van der Waals surface area contributed by atoms with Crippen molar-refractivity contribution in [3.8, 4) is 0 Å². The van der Waals surface area contributed by atoms with E-state index in [2.05, 4.69) is 17.6 Å². The molecule has 0 spiro atoms. The lowest BCUT2D eigenvalue weighted by Gasteiger charge is -2.59. The standard InChI is InChI=1S/C25H34N4O3S/c1-16(25-13-17-9-18(14-25)11-19(10-17)15-25)26-24(33)27-23(30)20-5-6-21(22(12-20)29(31)32)28-7-3-2-4-8-28/h5-6,12,16-19H,2-4,7-11,13-15H2,1H3,(H2,26,27,30,33)/t16-,17?,18?,19?,25?/m0/s1. The third kappa shape index (κ3) is 4.46. The molecule has 2 N–H and O–H groups in total. The first-order chi connectivity index (χ1) is 15.8. The normalized spacial score (nSPS) is 31.2. The zero-order valence-electron chi connectivity index (χ0n) is 19.3. The number of nitrogens with zero attached hydrogens (tertiary/aromatic N) is 2. The fourth-order valence-corrected chi connectivity index (χ4v) is 7.75. The molecular formula is C25H34N4O3S. The first kappa shape index (κ1) is 22.6. The fraction of sp³-hybridized carbons (Fsp3) is 0.680. The van der Waals surface area contributed by atoms with Gasteiger partial charge in [-0.25, -0.2) is 0 Å². The molecule has 6 rings (SSSR count). The first-order valence-electron chi connectivity index (χ1n) is 12.5. The molecule has 1 aliphatic heterocycles. The smallest absolute Gasteiger partial charge is 0.293 e. The van der Waals surface area contributed by atoms with Crippen LogP contribution in [0.25, 0.3) is 0 Å². The van der Waals surface area contributed by atoms with Gasteiger partial charge in [0.1, 0.15) is 5.69 Å². The number of rotatable bonds is 5. The number of nitrogens with one attached hydrogen (secondary N) is 2. The second-order valence-corrected chi connectivity index (χ2v) is 11.3. The van der Waals surface area contributed by atoms with E-state index in [1.165, 1.54) is 44.6 Å². The van der Waals surface area contributed by atoms with Gasteiger partial charge < -0.3 is 10.2 Å². The first-order valence-corrected chi connectivity index (χ1v) is 12.9. The van der Waals surface area contributed by atoms with Crippen LogP contribution in [0.2, 0.25) is 0 Å². The zero-order chi connectivity index (χ0) is 23.2. The molecule has 8 heteroatoms. The van der Waals surface area contributed by atoms with E-state index >= 15 is 0 Å². The van der Waals surface area contributed by atoms with Crippen LogP contribution in [0, 0.1) is 33.3 Å². The lowest BCUT2D eigenvalue weighted by atomic mass is 9.48. The van der Waals surface area contributed by atoms with Gasteiger partial charge in [-0.3, -0.25) is 20.2 Å². The lowest BCUT2D eigenvalue weighted by molar-refractivity contribution is -0.384. The molecule has 0 aromatic heterocycles. The zero-order valence-corrected chi connectivity index (χ0v) is 20.2. The number of thiocarbonyl (C=S) groups is 1. The van der Waals surface area contributed by atoms with Crippen molar-refractivity contribution in [1.29, 1.82) is 0 Å². The Labute approximate surface area is 200 Å². The highest BCUT2D eigenvalue weighted by Gasteiger charge is 2.53. The molecule has 1 amide bonds. The molecule has 1 atom stereocenters. The number of nitro benzene ring substituents is 1. The molecule has 0 unspecified atom stereocenters. The van der Waals surface area contributed by atoms with Crippen LogP contribution >= 0.6 is 12.2 Å². The summed E-state index contributed by atoms with van der Waals surface area (Å²) in [6.07, 6.45) is 11.1. The molecule has 1 saturated heterocycles. The molecule has 33 heavy (non-hydrogen) atoms. The Hall–Kier alpha value is -2.22. The van der Waals surface area contributed by atoms with Crippen LogP contribution in [0.1, 0.15) is 75.1 Å². The summed E-state index contributed by atoms with van der Waals surface area (Å²) >= 11 is 5.49. The predicted octanol–water partition coefficient (Wildman–Crippen LogP) is 4.79. The SMILES string of the molecule is C[C@H](NC(=S)NC(=O)c1ccc(N2CCCCC2)c([N+](=O)[O-])c1)C12CC3CC(CC(C3)C1)C2. The highest BCUT2D eigenvalue weighted by atomic mass is 32.1. The average Bonchev–Trinajstić information content (AvgIpc) is 2.78. The minimum atomic E-state index is -0.404. The van der Waals surface area contributed by atoms with Gasteiger partial charge in [0.25, 0.3) is 11.6 Å². The van der Waals surface area contributed by atoms with Crippen molar-refractivity contribution in [3.63, 3.8) is 0 Å². The van der Waals surface area contributed by atoms with Gasteiger partial charge in [0, 0.05) is 30.8 Å². The minimum absolute atomic E-state index is 0.0228. The van der Waals surface area contributed by atoms with Gasteiger partial charge in [-0.15, -0.1) is 0 Å². The number of piperidine rings is 1. The van der Waals surface area contributed by atoms with E-state index in [0.29, 0.717) is 10.8 Å². The van der Waals surface area contributed by atoms with Gasteiger partial charge in [0.05, 0.1) is 4.92 Å². The molecule has 4 saturated carbocycles. The van der Waals surface area contributed by atoms with Gasteiger partial charge >= 0.3 is 0 Å². The second-order valence-electron chi connectivity index (χ2n) is 10.9. The van der Waals surface area contributed by atoms with E-state index in [1.54, 1.807) is 12.1 Å². The van der Waals surface area contributed by atoms with Crippen LogP contribution in [-0.2, 0) is 0 Å². The van der Waals surface area contributed by atoms with E-state index < -0.39 is 10.8 Å². The number of benzene rings is 1. The fourth-order valence-electron chi connectivity index (χ4n) is 7.48. The summed E-state index contributed by atoms with van der Waals surface area (Å²) in [7, 11) is 0. The Morgan fingerprint density at radius 3 is 2.30 bits per heavy atom. The molecule has 0 radical (unpaired) electrons. The maximum absolute atomic E-state index is 12.9. The number of carbonyl (C=O) groups is 1. The van der Waals surface area contributed by atoms with Crippen LogP contribution in [0.5, 0.6) is 0 Å². The third-order valence-corrected chi connectivity index (χ3v) is 8.93. The summed E-state index contributed by atoms with van der Waals surface area (Å²) in [6, 6.07) is 4.95. The Morgan fingerprint density at radius 2 is 1.73 bits per heavy atom. The monoisotopic (exact) mass is 470 g/mol. The molecule has 4 aliphatic carbocycles. The van der Waals surface area contributed by atoms with Crippen molar-refractivity contribution in [2.24, 2.45) is 23.2 Å². The highest BCUT2D eigenvalue weighted by Crippen LogP contribution is 2.61. The van der Waals surface area contributed by atoms with Gasteiger partial charge in [-0.2, -0.15) is 0 Å². The number of nitro groups is 1. The lowest BCUT2D eigenvalue weighted by Crippen LogP contribution is -2.57. The third-order valence-electron chi connectivity index (χ3n) is 8.71. The van der Waals surface area contributed by atoms with Crippen LogP contribution in [0.15, 0.2) is 18.2 Å². The maximum atomic E-state index is 12.9. The average molecular weight is 471 g/mol. The van der Waals surface area contributed by atoms with Gasteiger partial charge in [0.2, 0.25) is 0 Å². The number of carbonyl (C=O) groups excluding carboxylic acids is 1. The molecular weight excluding hydrogens is 436 g/mol. The summed E-state index contributed by atoms with van der Waals surface area (Å²) < 4.78 is 0. The van der Waals surface area contributed by atoms with Crippen LogP contribution in [-0.4, -0.2) is 35.1 Å². The number of hydrogen-bond donors (Lipinski definition) is 2. The van der Waals surface area contributed by atoms with Crippen molar-refractivity contribution in [2.45, 2.75) is 70.8 Å². The molecule has 178 valence electrons. The number of anilines is 1. The molecule has 4 bridgehead atoms. The van der Waals surface area contributed by atoms with E-state index in [4.69, 9.17) is 12.2 Å². The van der Waals surface area contributed by atoms with Crippen molar-refractivity contribution in [2.75, 3.05) is 18.0 Å². The quantitative estimate of drug-likeness (QED) is 0.365. The van der Waals surface area contributed by atoms with Crippen LogP contribution in [0.4, 0.5) is 11.4 Å². The largest absolute Gasteiger partial charge is 0.366 e. The summed E-state index contributed by atoms with van der Waals surface area (Å²) in [6.45, 7) is 3.81. The highest BCUT2D eigenvalue weighted by molar-refractivity contribution is 7.80. The molecule has 5 aliphatic rings. The van der Waals surface area contributed by atoms with Crippen molar-refractivity contribution in [1.82, 2.24) is 10.6 Å². The second kappa shape index (κ2) is 8.85. The van der Waals surface area contributed by atoms with E-state index in [9.17, 15) is 14.9 Å². The topological polar surface area (TPSA) is 87.5 Å². The van der Waals surface area contributed by atoms with Crippen LogP contribution < -0.4 is 15.5 Å². The van der Waals surface area contributed by atoms with E-state index in [-0.39, 0.29) is 22.7 Å².